The fourth-order valence-corrected chi connectivity index (χ4v) is 6.19. The van der Waals surface area contributed by atoms with Crippen LogP contribution >= 0.6 is 11.3 Å². The standard InChI is InChI=1S/C26H26F6N6O6S.C2H5NO2/c1-22(2,40)12-7-14(20-34-11-17(45-20)23(41,24(27,28)29)25(30,31)32)35-19(8-12)36-18-9-15-16(10-33-18)38(26(42,43)44)21(39)37(15)13-5-3-4-6-13;1-5-2(3)4/h7-11,13,40-44H,3-6H2,1-2H3,(H,33,35,36);1H3,(H2,3,4). The highest BCUT2D eigenvalue weighted by Crippen LogP contribution is 2.52. The van der Waals surface area contributed by atoms with Crippen LogP contribution in [0.2, 0.25) is 0 Å². The molecule has 5 rings (SSSR count). The van der Waals surface area contributed by atoms with Crippen LogP contribution in [0.15, 0.2) is 35.4 Å². The van der Waals surface area contributed by atoms with Crippen LogP contribution in [-0.4, -0.2) is 75.2 Å². The molecule has 0 unspecified atom stereocenters. The molecule has 1 aliphatic carbocycles. The van der Waals surface area contributed by atoms with Crippen molar-refractivity contribution in [2.75, 3.05) is 12.4 Å². The van der Waals surface area contributed by atoms with Gasteiger partial charge in [-0.2, -0.15) is 26.3 Å². The molecule has 15 nitrogen and oxygen atoms in total. The molecular weight excluding hydrogens is 708 g/mol. The minimum absolute atomic E-state index is 0.0144. The third-order valence-corrected chi connectivity index (χ3v) is 8.77. The highest BCUT2D eigenvalue weighted by Gasteiger charge is 2.72. The van der Waals surface area contributed by atoms with E-state index in [1.165, 1.54) is 43.7 Å². The number of halogens is 6. The molecule has 1 saturated carbocycles. The van der Waals surface area contributed by atoms with Crippen LogP contribution in [0.5, 0.6) is 0 Å². The van der Waals surface area contributed by atoms with Crippen molar-refractivity contribution >= 4 is 40.1 Å². The van der Waals surface area contributed by atoms with Gasteiger partial charge in [0.15, 0.2) is 0 Å². The molecule has 1 amide bonds. The number of carbonyl (C=O) groups is 1. The van der Waals surface area contributed by atoms with Gasteiger partial charge in [-0.1, -0.05) is 12.8 Å². The van der Waals surface area contributed by atoms with Crippen molar-refractivity contribution < 1.29 is 61.4 Å². The number of pyridine rings is 2. The normalized spacial score (nSPS) is 14.8. The first-order valence-corrected chi connectivity index (χ1v) is 15.2. The van der Waals surface area contributed by atoms with E-state index in [0.717, 1.165) is 19.0 Å². The van der Waals surface area contributed by atoms with Gasteiger partial charge in [0.05, 0.1) is 34.8 Å². The number of carbonyl (C=O) groups excluding carboxylic acids is 1. The summed E-state index contributed by atoms with van der Waals surface area (Å²) in [7, 11) is 1.22. The van der Waals surface area contributed by atoms with E-state index in [2.05, 4.69) is 30.7 Å². The molecule has 0 aliphatic heterocycles. The van der Waals surface area contributed by atoms with Crippen LogP contribution in [0.1, 0.15) is 56.0 Å². The molecule has 8 N–H and O–H groups in total. The second-order valence-corrected chi connectivity index (χ2v) is 12.7. The van der Waals surface area contributed by atoms with Crippen molar-refractivity contribution in [3.63, 3.8) is 0 Å². The van der Waals surface area contributed by atoms with Crippen LogP contribution in [0.4, 0.5) is 42.8 Å². The van der Waals surface area contributed by atoms with E-state index in [1.807, 2.05) is 0 Å². The number of rotatable bonds is 7. The summed E-state index contributed by atoms with van der Waals surface area (Å²) in [6.45, 7) is 2.74. The minimum atomic E-state index is -6.12. The van der Waals surface area contributed by atoms with Gasteiger partial charge in [0.2, 0.25) is 0 Å². The number of ether oxygens (including phenoxy) is 1. The van der Waals surface area contributed by atoms with Gasteiger partial charge in [-0.25, -0.2) is 29.1 Å². The molecule has 0 spiro atoms. The molecule has 4 aromatic heterocycles. The Kier molecular flexibility index (Phi) is 10.3. The van der Waals surface area contributed by atoms with E-state index in [0.29, 0.717) is 17.4 Å². The summed E-state index contributed by atoms with van der Waals surface area (Å²) in [5.74, 6) is -0.0781. The Bertz CT molecular complexity index is 1910. The molecule has 0 bridgehead atoms. The van der Waals surface area contributed by atoms with E-state index in [4.69, 9.17) is 0 Å². The topological polar surface area (TPSA) is 231 Å². The number of amides is 1. The smallest absolute Gasteiger partial charge is 0.431 e. The van der Waals surface area contributed by atoms with Gasteiger partial charge >= 0.3 is 30.2 Å². The third-order valence-electron chi connectivity index (χ3n) is 7.64. The lowest BCUT2D eigenvalue weighted by atomic mass is 9.98. The maximum absolute atomic E-state index is 13.4. The number of aromatic nitrogens is 5. The highest BCUT2D eigenvalue weighted by molar-refractivity contribution is 7.15. The molecule has 0 radical (unpaired) electrons. The quantitative estimate of drug-likeness (QED) is 0.107. The van der Waals surface area contributed by atoms with E-state index in [-0.39, 0.29) is 57.5 Å². The Balaban J connectivity index is 0.00000105. The van der Waals surface area contributed by atoms with Gasteiger partial charge < -0.3 is 41.3 Å². The number of fused-ring (bicyclic) bond motifs is 1. The summed E-state index contributed by atoms with van der Waals surface area (Å²) < 4.78 is 86.1. The van der Waals surface area contributed by atoms with Gasteiger partial charge in [-0.15, -0.1) is 11.3 Å². The van der Waals surface area contributed by atoms with Crippen LogP contribution in [0.25, 0.3) is 21.7 Å². The van der Waals surface area contributed by atoms with E-state index >= 15 is 0 Å². The first-order valence-electron chi connectivity index (χ1n) is 14.4. The fraction of sp³-hybridized carbons (Fsp3) is 0.464. The van der Waals surface area contributed by atoms with Gasteiger partial charge in [0, 0.05) is 18.3 Å². The van der Waals surface area contributed by atoms with Crippen molar-refractivity contribution in [1.29, 1.82) is 0 Å². The molecule has 50 heavy (non-hydrogen) atoms. The van der Waals surface area contributed by atoms with E-state index in [9.17, 15) is 61.5 Å². The van der Waals surface area contributed by atoms with Gasteiger partial charge in [-0.05, 0) is 44.4 Å². The number of primary amides is 1. The molecule has 0 saturated heterocycles. The summed E-state index contributed by atoms with van der Waals surface area (Å²) in [5, 5.41) is 52.4. The third kappa shape index (κ3) is 7.54. The largest absolute Gasteiger partial charge is 0.453 e. The lowest BCUT2D eigenvalue weighted by Crippen LogP contribution is -2.53. The number of thiazole rings is 1. The SMILES string of the molecule is CC(C)(O)c1cc(Nc2cc3c(cn2)n(C(O)(O)O)c(=O)n3C2CCCC2)nc(-c2ncc(C(O)(C(F)(F)F)C(F)(F)F)s2)c1.COC(N)=O. The van der Waals surface area contributed by atoms with Crippen molar-refractivity contribution in [3.05, 3.63) is 51.5 Å². The fourth-order valence-electron chi connectivity index (χ4n) is 5.18. The zero-order valence-electron chi connectivity index (χ0n) is 26.2. The van der Waals surface area contributed by atoms with Crippen molar-refractivity contribution in [2.24, 2.45) is 5.73 Å². The summed E-state index contributed by atoms with van der Waals surface area (Å²) >= 11 is -0.0949. The van der Waals surface area contributed by atoms with Crippen LogP contribution in [-0.2, 0) is 22.0 Å². The molecular formula is C28H31F6N7O8S. The molecule has 0 aromatic carbocycles. The minimum Gasteiger partial charge on any atom is -0.453 e. The first-order chi connectivity index (χ1) is 22.9. The molecule has 274 valence electrons. The zero-order valence-corrected chi connectivity index (χ0v) is 27.1. The Morgan fingerprint density at radius 3 is 2.02 bits per heavy atom. The Morgan fingerprint density at radius 2 is 1.52 bits per heavy atom. The monoisotopic (exact) mass is 739 g/mol. The average molecular weight is 740 g/mol. The summed E-state index contributed by atoms with van der Waals surface area (Å²) in [6.07, 6.45) is -12.4. The molecule has 1 aliphatic rings. The van der Waals surface area contributed by atoms with Crippen molar-refractivity contribution in [2.45, 2.75) is 75.2 Å². The molecule has 0 atom stereocenters. The van der Waals surface area contributed by atoms with Crippen molar-refractivity contribution in [1.82, 2.24) is 24.1 Å². The number of nitrogens with zero attached hydrogens (tertiary/aromatic N) is 5. The lowest BCUT2D eigenvalue weighted by molar-refractivity contribution is -0.375. The number of hydrogen-bond donors (Lipinski definition) is 7. The number of methoxy groups -OCH3 is 1. The predicted octanol–water partition coefficient (Wildman–Crippen LogP) is 3.37. The maximum Gasteiger partial charge on any atom is 0.431 e. The van der Waals surface area contributed by atoms with Gasteiger partial charge in [0.25, 0.3) is 5.60 Å². The number of aliphatic hydroxyl groups is 5. The molecule has 1 fully saturated rings. The number of anilines is 2. The van der Waals surface area contributed by atoms with Gasteiger partial charge in [-0.3, -0.25) is 4.57 Å². The number of alkyl halides is 6. The first kappa shape index (κ1) is 38.5. The summed E-state index contributed by atoms with van der Waals surface area (Å²) in [5.41, 5.74) is -3.35. The lowest BCUT2D eigenvalue weighted by Gasteiger charge is -2.30. The van der Waals surface area contributed by atoms with Crippen molar-refractivity contribution in [3.8, 4) is 10.7 Å². The number of nitrogens with one attached hydrogen (secondary N) is 1. The van der Waals surface area contributed by atoms with Gasteiger partial charge in [0.1, 0.15) is 22.3 Å². The number of imidazole rings is 1. The summed E-state index contributed by atoms with van der Waals surface area (Å²) in [6, 6.07) is 3.56. The average Bonchev–Trinajstić information content (AvgIpc) is 3.74. The maximum atomic E-state index is 13.4. The van der Waals surface area contributed by atoms with Crippen LogP contribution in [0, 0.1) is 0 Å². The second kappa shape index (κ2) is 13.4. The molecule has 22 heteroatoms. The highest BCUT2D eigenvalue weighted by atomic mass is 32.1. The number of hydrogen-bond acceptors (Lipinski definition) is 13. The molecule has 4 aromatic rings. The van der Waals surface area contributed by atoms with Crippen LogP contribution in [0.3, 0.4) is 0 Å². The number of nitrogens with two attached hydrogens (primary N) is 1. The Morgan fingerprint density at radius 1 is 0.940 bits per heavy atom. The van der Waals surface area contributed by atoms with Crippen LogP contribution < -0.4 is 16.7 Å². The second-order valence-electron chi connectivity index (χ2n) is 11.7. The van der Waals surface area contributed by atoms with E-state index < -0.39 is 51.3 Å². The zero-order chi connectivity index (χ0) is 37.6. The Hall–Kier alpha value is -4.35. The molecule has 4 heterocycles. The van der Waals surface area contributed by atoms with E-state index in [1.54, 1.807) is 0 Å². The Labute approximate surface area is 281 Å². The summed E-state index contributed by atoms with van der Waals surface area (Å²) in [4.78, 5) is 33.0. The predicted molar refractivity (Wildman–Crippen MR) is 163 cm³/mol.